The average Bonchev–Trinajstić information content (AvgIpc) is 3.32. The highest BCUT2D eigenvalue weighted by molar-refractivity contribution is 6.01. The van der Waals surface area contributed by atoms with Crippen LogP contribution >= 0.6 is 0 Å². The summed E-state index contributed by atoms with van der Waals surface area (Å²) in [5.74, 6) is -0.514. The second-order valence-corrected chi connectivity index (χ2v) is 9.98. The Morgan fingerprint density at radius 1 is 1.28 bits per heavy atom. The molecule has 4 fully saturated rings. The van der Waals surface area contributed by atoms with E-state index in [0.29, 0.717) is 12.8 Å². The number of hydrogen-bond donors (Lipinski definition) is 1. The number of rotatable bonds is 3. The first-order valence-corrected chi connectivity index (χ1v) is 10.6. The molecule has 3 saturated carbocycles. The number of esters is 1. The van der Waals surface area contributed by atoms with E-state index in [1.54, 1.807) is 12.2 Å². The Labute approximate surface area is 170 Å². The Kier molecular flexibility index (Phi) is 3.75. The molecular formula is C23H28O6. The van der Waals surface area contributed by atoms with Gasteiger partial charge in [-0.15, -0.1) is 0 Å². The van der Waals surface area contributed by atoms with Crippen molar-refractivity contribution >= 4 is 17.5 Å². The molecule has 1 aliphatic heterocycles. The summed E-state index contributed by atoms with van der Waals surface area (Å²) in [6.07, 6.45) is 8.86. The van der Waals surface area contributed by atoms with E-state index < -0.39 is 22.8 Å². The van der Waals surface area contributed by atoms with Gasteiger partial charge in [-0.1, -0.05) is 18.6 Å². The number of carbonyl (C=O) groups is 3. The molecule has 0 bridgehead atoms. The SMILES string of the molecule is CC(=O)OCC(=O)[C@@]1(O)CC[C@H]2[C@@H]3CCC4=CC(=O)C=C[C@]4(C)[C@@]34OC4C[C@@]21C. The zero-order valence-electron chi connectivity index (χ0n) is 17.2. The molecule has 1 spiro atoms. The van der Waals surface area contributed by atoms with Gasteiger partial charge in [0.25, 0.3) is 0 Å². The molecule has 1 N–H and O–H groups in total. The van der Waals surface area contributed by atoms with Crippen molar-refractivity contribution in [1.29, 1.82) is 0 Å². The Balaban J connectivity index is 1.49. The predicted molar refractivity (Wildman–Crippen MR) is 103 cm³/mol. The van der Waals surface area contributed by atoms with Crippen LogP contribution in [0.3, 0.4) is 0 Å². The van der Waals surface area contributed by atoms with Crippen molar-refractivity contribution < 1.29 is 29.0 Å². The highest BCUT2D eigenvalue weighted by Gasteiger charge is 2.81. The van der Waals surface area contributed by atoms with Crippen LogP contribution in [0.5, 0.6) is 0 Å². The lowest BCUT2D eigenvalue weighted by atomic mass is 9.47. The largest absolute Gasteiger partial charge is 0.458 e. The van der Waals surface area contributed by atoms with Crippen LogP contribution in [-0.4, -0.2) is 46.6 Å². The molecule has 0 aromatic rings. The lowest BCUT2D eigenvalue weighted by Gasteiger charge is -2.55. The van der Waals surface area contributed by atoms with Crippen LogP contribution in [-0.2, 0) is 23.9 Å². The minimum Gasteiger partial charge on any atom is -0.458 e. The van der Waals surface area contributed by atoms with Crippen LogP contribution in [0.15, 0.2) is 23.8 Å². The number of ketones is 2. The van der Waals surface area contributed by atoms with Gasteiger partial charge in [0.05, 0.1) is 6.10 Å². The Morgan fingerprint density at radius 2 is 2.03 bits per heavy atom. The quantitative estimate of drug-likeness (QED) is 0.577. The Bertz CT molecular complexity index is 888. The van der Waals surface area contributed by atoms with Crippen LogP contribution < -0.4 is 0 Å². The number of allylic oxidation sites excluding steroid dienone is 2. The molecule has 6 heteroatoms. The fraction of sp³-hybridized carbons (Fsp3) is 0.696. The highest BCUT2D eigenvalue weighted by atomic mass is 16.6. The van der Waals surface area contributed by atoms with E-state index in [0.717, 1.165) is 24.8 Å². The van der Waals surface area contributed by atoms with Crippen molar-refractivity contribution in [2.24, 2.45) is 22.7 Å². The molecule has 156 valence electrons. The fourth-order valence-electron chi connectivity index (χ4n) is 7.40. The maximum atomic E-state index is 12.9. The summed E-state index contributed by atoms with van der Waals surface area (Å²) >= 11 is 0. The summed E-state index contributed by atoms with van der Waals surface area (Å²) in [6, 6.07) is 0. The Hall–Kier alpha value is -1.79. The molecule has 0 aromatic carbocycles. The van der Waals surface area contributed by atoms with Crippen molar-refractivity contribution in [3.63, 3.8) is 0 Å². The van der Waals surface area contributed by atoms with E-state index in [-0.39, 0.29) is 41.3 Å². The number of Topliss-reactive ketones (excluding diaryl/α,β-unsaturated/α-hetero) is 1. The molecule has 5 rings (SSSR count). The standard InChI is InChI=1S/C23H28O6/c1-13(24)28-12-18(26)22(27)9-7-16-17-5-4-14-10-15(25)6-8-20(14,2)23(17)19(29-23)11-21(16,22)3/h6,8,10,16-17,19,27H,4-5,7,9,11-12H2,1-3H3/t16-,17-,19?,20-,21-,22-,23+/m0/s1. The lowest BCUT2D eigenvalue weighted by Crippen LogP contribution is -2.61. The summed E-state index contributed by atoms with van der Waals surface area (Å²) in [5.41, 5.74) is -1.61. The monoisotopic (exact) mass is 400 g/mol. The van der Waals surface area contributed by atoms with Crippen LogP contribution in [0.4, 0.5) is 0 Å². The van der Waals surface area contributed by atoms with Crippen molar-refractivity contribution in [3.05, 3.63) is 23.8 Å². The van der Waals surface area contributed by atoms with E-state index in [2.05, 4.69) is 6.92 Å². The van der Waals surface area contributed by atoms with Crippen molar-refractivity contribution in [2.45, 2.75) is 70.2 Å². The molecule has 0 amide bonds. The van der Waals surface area contributed by atoms with Gasteiger partial charge in [0.2, 0.25) is 5.78 Å². The van der Waals surface area contributed by atoms with Gasteiger partial charge in [-0.3, -0.25) is 14.4 Å². The minimum absolute atomic E-state index is 0.0384. The summed E-state index contributed by atoms with van der Waals surface area (Å²) in [7, 11) is 0. The van der Waals surface area contributed by atoms with E-state index in [1.807, 2.05) is 13.0 Å². The summed E-state index contributed by atoms with van der Waals surface area (Å²) in [6.45, 7) is 5.06. The number of epoxide rings is 1. The molecule has 4 aliphatic carbocycles. The number of aliphatic hydroxyl groups is 1. The van der Waals surface area contributed by atoms with Gasteiger partial charge in [-0.25, -0.2) is 0 Å². The molecule has 7 atom stereocenters. The first kappa shape index (κ1) is 19.2. The van der Waals surface area contributed by atoms with Gasteiger partial charge in [-0.05, 0) is 63.0 Å². The molecular weight excluding hydrogens is 372 g/mol. The van der Waals surface area contributed by atoms with Gasteiger partial charge in [0, 0.05) is 17.8 Å². The minimum atomic E-state index is -1.50. The normalized spacial score (nSPS) is 49.3. The van der Waals surface area contributed by atoms with Gasteiger partial charge in [0.1, 0.15) is 11.2 Å². The molecule has 1 unspecified atom stereocenters. The predicted octanol–water partition coefficient (Wildman–Crippen LogP) is 2.29. The fourth-order valence-corrected chi connectivity index (χ4v) is 7.40. The van der Waals surface area contributed by atoms with Crippen LogP contribution in [0.25, 0.3) is 0 Å². The van der Waals surface area contributed by atoms with E-state index >= 15 is 0 Å². The van der Waals surface area contributed by atoms with Crippen molar-refractivity contribution in [1.82, 2.24) is 0 Å². The molecule has 1 saturated heterocycles. The smallest absolute Gasteiger partial charge is 0.303 e. The lowest BCUT2D eigenvalue weighted by molar-refractivity contribution is -0.165. The van der Waals surface area contributed by atoms with E-state index in [4.69, 9.17) is 9.47 Å². The summed E-state index contributed by atoms with van der Waals surface area (Å²) < 4.78 is 11.4. The molecule has 6 nitrogen and oxygen atoms in total. The molecule has 1 heterocycles. The average molecular weight is 400 g/mol. The number of hydrogen-bond acceptors (Lipinski definition) is 6. The van der Waals surface area contributed by atoms with Gasteiger partial charge in [-0.2, -0.15) is 0 Å². The van der Waals surface area contributed by atoms with Gasteiger partial charge < -0.3 is 14.6 Å². The zero-order valence-corrected chi connectivity index (χ0v) is 17.2. The van der Waals surface area contributed by atoms with Crippen LogP contribution in [0.1, 0.15) is 52.9 Å². The second kappa shape index (κ2) is 5.67. The number of carbonyl (C=O) groups excluding carboxylic acids is 3. The maximum absolute atomic E-state index is 12.9. The van der Waals surface area contributed by atoms with Gasteiger partial charge >= 0.3 is 5.97 Å². The third kappa shape index (κ3) is 2.17. The van der Waals surface area contributed by atoms with Crippen LogP contribution in [0, 0.1) is 22.7 Å². The zero-order chi connectivity index (χ0) is 20.8. The molecule has 0 radical (unpaired) electrons. The Morgan fingerprint density at radius 3 is 2.76 bits per heavy atom. The molecule has 29 heavy (non-hydrogen) atoms. The first-order valence-electron chi connectivity index (χ1n) is 10.6. The topological polar surface area (TPSA) is 93.2 Å². The third-order valence-corrected chi connectivity index (χ3v) is 8.95. The highest BCUT2D eigenvalue weighted by Crippen LogP contribution is 2.75. The number of fused-ring (bicyclic) bond motifs is 3. The number of ether oxygens (including phenoxy) is 2. The molecule has 5 aliphatic rings. The van der Waals surface area contributed by atoms with Crippen LogP contribution in [0.2, 0.25) is 0 Å². The second-order valence-electron chi connectivity index (χ2n) is 9.98. The third-order valence-electron chi connectivity index (χ3n) is 8.95. The van der Waals surface area contributed by atoms with Crippen molar-refractivity contribution in [3.8, 4) is 0 Å². The van der Waals surface area contributed by atoms with Crippen molar-refractivity contribution in [2.75, 3.05) is 6.61 Å². The van der Waals surface area contributed by atoms with E-state index in [1.165, 1.54) is 6.92 Å². The first-order chi connectivity index (χ1) is 13.6. The van der Waals surface area contributed by atoms with Gasteiger partial charge in [0.15, 0.2) is 12.4 Å². The summed E-state index contributed by atoms with van der Waals surface area (Å²) in [5, 5.41) is 11.5. The summed E-state index contributed by atoms with van der Waals surface area (Å²) in [4.78, 5) is 36.0. The van der Waals surface area contributed by atoms with E-state index in [9.17, 15) is 19.5 Å². The molecule has 0 aromatic heterocycles. The maximum Gasteiger partial charge on any atom is 0.303 e.